The van der Waals surface area contributed by atoms with E-state index in [9.17, 15) is 4.79 Å². The van der Waals surface area contributed by atoms with Crippen molar-refractivity contribution in [2.45, 2.75) is 33.6 Å². The van der Waals surface area contributed by atoms with Gasteiger partial charge >= 0.3 is 0 Å². The van der Waals surface area contributed by atoms with Crippen molar-refractivity contribution in [2.75, 3.05) is 18.0 Å². The van der Waals surface area contributed by atoms with E-state index in [1.165, 1.54) is 5.69 Å². The average molecular weight is 219 g/mol. The lowest BCUT2D eigenvalue weighted by Crippen LogP contribution is -2.21. The molecule has 0 atom stereocenters. The lowest BCUT2D eigenvalue weighted by molar-refractivity contribution is 0.0982. The molecule has 16 heavy (non-hydrogen) atoms. The van der Waals surface area contributed by atoms with E-state index in [0.29, 0.717) is 6.42 Å². The molecule has 0 spiro atoms. The maximum absolute atomic E-state index is 11.7. The van der Waals surface area contributed by atoms with Gasteiger partial charge in [0.1, 0.15) is 0 Å². The van der Waals surface area contributed by atoms with Crippen LogP contribution in [-0.4, -0.2) is 18.9 Å². The molecular formula is C14H21NO. The molecule has 0 unspecified atom stereocenters. The molecule has 0 bridgehead atoms. The van der Waals surface area contributed by atoms with Crippen LogP contribution in [0.4, 0.5) is 5.69 Å². The Kier molecular flexibility index (Phi) is 5.03. The Morgan fingerprint density at radius 3 is 2.06 bits per heavy atom. The maximum Gasteiger partial charge on any atom is 0.162 e. The summed E-state index contributed by atoms with van der Waals surface area (Å²) in [6, 6.07) is 7.95. The fourth-order valence-corrected chi connectivity index (χ4v) is 1.82. The van der Waals surface area contributed by atoms with Crippen LogP contribution in [0.3, 0.4) is 0 Å². The standard InChI is InChI=1S/C14H21NO/c1-4-7-14(16)12-8-10-13(11-9-12)15(5-2)6-3/h8-11H,4-7H2,1-3H3. The van der Waals surface area contributed by atoms with Gasteiger partial charge in [-0.2, -0.15) is 0 Å². The molecule has 0 amide bonds. The first-order valence-corrected chi connectivity index (χ1v) is 6.11. The summed E-state index contributed by atoms with van der Waals surface area (Å²) < 4.78 is 0. The van der Waals surface area contributed by atoms with Gasteiger partial charge in [-0.25, -0.2) is 0 Å². The van der Waals surface area contributed by atoms with Crippen molar-refractivity contribution in [1.29, 1.82) is 0 Å². The highest BCUT2D eigenvalue weighted by molar-refractivity contribution is 5.96. The van der Waals surface area contributed by atoms with Crippen LogP contribution in [-0.2, 0) is 0 Å². The van der Waals surface area contributed by atoms with Crippen molar-refractivity contribution in [1.82, 2.24) is 0 Å². The number of carbonyl (C=O) groups excluding carboxylic acids is 1. The van der Waals surface area contributed by atoms with E-state index in [0.717, 1.165) is 25.1 Å². The summed E-state index contributed by atoms with van der Waals surface area (Å²) in [6.07, 6.45) is 1.56. The van der Waals surface area contributed by atoms with Crippen molar-refractivity contribution in [3.63, 3.8) is 0 Å². The first kappa shape index (κ1) is 12.8. The summed E-state index contributed by atoms with van der Waals surface area (Å²) in [7, 11) is 0. The molecule has 0 saturated carbocycles. The van der Waals surface area contributed by atoms with E-state index < -0.39 is 0 Å². The minimum Gasteiger partial charge on any atom is -0.372 e. The number of Topliss-reactive ketones (excluding diaryl/α,β-unsaturated/α-hetero) is 1. The van der Waals surface area contributed by atoms with Crippen LogP contribution in [0.1, 0.15) is 44.0 Å². The summed E-state index contributed by atoms with van der Waals surface area (Å²) in [5.41, 5.74) is 2.02. The fraction of sp³-hybridized carbons (Fsp3) is 0.500. The van der Waals surface area contributed by atoms with E-state index in [4.69, 9.17) is 0 Å². The Hall–Kier alpha value is -1.31. The third kappa shape index (κ3) is 3.09. The third-order valence-corrected chi connectivity index (χ3v) is 2.79. The molecule has 2 nitrogen and oxygen atoms in total. The van der Waals surface area contributed by atoms with E-state index in [1.54, 1.807) is 0 Å². The fourth-order valence-electron chi connectivity index (χ4n) is 1.82. The largest absolute Gasteiger partial charge is 0.372 e. The highest BCUT2D eigenvalue weighted by Gasteiger charge is 2.05. The lowest BCUT2D eigenvalue weighted by Gasteiger charge is -2.20. The molecule has 2 heteroatoms. The summed E-state index contributed by atoms with van der Waals surface area (Å²) in [5, 5.41) is 0. The average Bonchev–Trinajstić information content (AvgIpc) is 2.32. The molecular weight excluding hydrogens is 198 g/mol. The molecule has 0 fully saturated rings. The molecule has 0 aliphatic heterocycles. The van der Waals surface area contributed by atoms with E-state index in [-0.39, 0.29) is 5.78 Å². The van der Waals surface area contributed by atoms with Gasteiger partial charge in [0.15, 0.2) is 5.78 Å². The van der Waals surface area contributed by atoms with Gasteiger partial charge in [-0.05, 0) is 44.5 Å². The lowest BCUT2D eigenvalue weighted by atomic mass is 10.1. The Morgan fingerprint density at radius 2 is 1.62 bits per heavy atom. The zero-order chi connectivity index (χ0) is 12.0. The number of anilines is 1. The van der Waals surface area contributed by atoms with Crippen molar-refractivity contribution < 1.29 is 4.79 Å². The first-order valence-electron chi connectivity index (χ1n) is 6.11. The van der Waals surface area contributed by atoms with Crippen LogP contribution in [0.5, 0.6) is 0 Å². The van der Waals surface area contributed by atoms with Crippen molar-refractivity contribution in [3.05, 3.63) is 29.8 Å². The quantitative estimate of drug-likeness (QED) is 0.682. The van der Waals surface area contributed by atoms with Gasteiger partial charge in [-0.1, -0.05) is 6.92 Å². The summed E-state index contributed by atoms with van der Waals surface area (Å²) >= 11 is 0. The first-order chi connectivity index (χ1) is 7.72. The number of hydrogen-bond donors (Lipinski definition) is 0. The number of rotatable bonds is 6. The normalized spacial score (nSPS) is 10.2. The van der Waals surface area contributed by atoms with Crippen LogP contribution in [0, 0.1) is 0 Å². The molecule has 1 rings (SSSR count). The predicted octanol–water partition coefficient (Wildman–Crippen LogP) is 3.52. The molecule has 88 valence electrons. The summed E-state index contributed by atoms with van der Waals surface area (Å²) in [5.74, 6) is 0.244. The molecule has 0 aromatic heterocycles. The molecule has 0 heterocycles. The zero-order valence-electron chi connectivity index (χ0n) is 10.5. The van der Waals surface area contributed by atoms with Gasteiger partial charge in [0.2, 0.25) is 0 Å². The zero-order valence-corrected chi connectivity index (χ0v) is 10.5. The van der Waals surface area contributed by atoms with E-state index >= 15 is 0 Å². The van der Waals surface area contributed by atoms with Gasteiger partial charge in [-0.3, -0.25) is 4.79 Å². The van der Waals surface area contributed by atoms with Gasteiger partial charge in [-0.15, -0.1) is 0 Å². The number of ketones is 1. The molecule has 1 aromatic rings. The number of hydrogen-bond acceptors (Lipinski definition) is 2. The van der Waals surface area contributed by atoms with Crippen LogP contribution in [0.25, 0.3) is 0 Å². The number of carbonyl (C=O) groups is 1. The molecule has 0 saturated heterocycles. The highest BCUT2D eigenvalue weighted by atomic mass is 16.1. The van der Waals surface area contributed by atoms with Gasteiger partial charge in [0.05, 0.1) is 0 Å². The number of nitrogens with zero attached hydrogens (tertiary/aromatic N) is 1. The summed E-state index contributed by atoms with van der Waals surface area (Å²) in [4.78, 5) is 13.9. The van der Waals surface area contributed by atoms with E-state index in [2.05, 4.69) is 18.7 Å². The van der Waals surface area contributed by atoms with Gasteiger partial charge in [0, 0.05) is 30.8 Å². The smallest absolute Gasteiger partial charge is 0.162 e. The van der Waals surface area contributed by atoms with Gasteiger partial charge in [0.25, 0.3) is 0 Å². The highest BCUT2D eigenvalue weighted by Crippen LogP contribution is 2.16. The van der Waals surface area contributed by atoms with Crippen LogP contribution >= 0.6 is 0 Å². The second-order valence-corrected chi connectivity index (χ2v) is 3.89. The minimum absolute atomic E-state index is 0.244. The Morgan fingerprint density at radius 1 is 1.06 bits per heavy atom. The van der Waals surface area contributed by atoms with Crippen LogP contribution in [0.15, 0.2) is 24.3 Å². The molecule has 0 radical (unpaired) electrons. The minimum atomic E-state index is 0.244. The van der Waals surface area contributed by atoms with Crippen molar-refractivity contribution in [2.24, 2.45) is 0 Å². The van der Waals surface area contributed by atoms with Crippen molar-refractivity contribution in [3.8, 4) is 0 Å². The molecule has 0 aliphatic carbocycles. The van der Waals surface area contributed by atoms with Crippen LogP contribution < -0.4 is 4.90 Å². The SMILES string of the molecule is CCCC(=O)c1ccc(N(CC)CC)cc1. The summed E-state index contributed by atoms with van der Waals surface area (Å²) in [6.45, 7) is 8.30. The third-order valence-electron chi connectivity index (χ3n) is 2.79. The van der Waals surface area contributed by atoms with E-state index in [1.807, 2.05) is 31.2 Å². The topological polar surface area (TPSA) is 20.3 Å². The Balaban J connectivity index is 2.78. The van der Waals surface area contributed by atoms with Gasteiger partial charge < -0.3 is 4.90 Å². The monoisotopic (exact) mass is 219 g/mol. The Labute approximate surface area is 98.3 Å². The molecule has 0 aliphatic rings. The second-order valence-electron chi connectivity index (χ2n) is 3.89. The Bertz CT molecular complexity index is 325. The van der Waals surface area contributed by atoms with Crippen LogP contribution in [0.2, 0.25) is 0 Å². The number of benzene rings is 1. The maximum atomic E-state index is 11.7. The predicted molar refractivity (Wildman–Crippen MR) is 69.2 cm³/mol. The van der Waals surface area contributed by atoms with Crippen molar-refractivity contribution >= 4 is 11.5 Å². The molecule has 0 N–H and O–H groups in total. The second kappa shape index (κ2) is 6.31. The molecule has 1 aromatic carbocycles.